The minimum Gasteiger partial charge on any atom is -0.356 e. The van der Waals surface area contributed by atoms with Gasteiger partial charge in [0.25, 0.3) is 0 Å². The van der Waals surface area contributed by atoms with Crippen molar-refractivity contribution in [1.82, 2.24) is 10.6 Å². The van der Waals surface area contributed by atoms with Gasteiger partial charge in [-0.3, -0.25) is 4.79 Å². The minimum absolute atomic E-state index is 0.287. The molecular formula is C13H24N2O. The highest BCUT2D eigenvalue weighted by atomic mass is 16.2. The summed E-state index contributed by atoms with van der Waals surface area (Å²) in [6, 6.07) is 0. The first-order valence-electron chi connectivity index (χ1n) is 6.64. The van der Waals surface area contributed by atoms with Crippen molar-refractivity contribution in [3.05, 3.63) is 0 Å². The Morgan fingerprint density at radius 1 is 1.56 bits per heavy atom. The van der Waals surface area contributed by atoms with E-state index < -0.39 is 0 Å². The Hall–Kier alpha value is -0.570. The minimum atomic E-state index is 0.287. The second kappa shape index (κ2) is 4.74. The molecule has 0 radical (unpaired) electrons. The maximum atomic E-state index is 11.8. The molecular weight excluding hydrogens is 200 g/mol. The van der Waals surface area contributed by atoms with Crippen LogP contribution in [0.2, 0.25) is 0 Å². The van der Waals surface area contributed by atoms with Gasteiger partial charge in [0.2, 0.25) is 5.91 Å². The van der Waals surface area contributed by atoms with Crippen LogP contribution in [0.15, 0.2) is 0 Å². The van der Waals surface area contributed by atoms with Gasteiger partial charge in [-0.1, -0.05) is 13.8 Å². The van der Waals surface area contributed by atoms with Gasteiger partial charge in [-0.25, -0.2) is 0 Å². The third-order valence-corrected chi connectivity index (χ3v) is 4.49. The zero-order valence-corrected chi connectivity index (χ0v) is 10.5. The number of hydrogen-bond acceptors (Lipinski definition) is 2. The first-order valence-corrected chi connectivity index (χ1v) is 6.64. The molecule has 3 heteroatoms. The maximum Gasteiger partial charge on any atom is 0.223 e. The Morgan fingerprint density at radius 3 is 2.94 bits per heavy atom. The Bertz CT molecular complexity index is 261. The van der Waals surface area contributed by atoms with Crippen LogP contribution in [-0.4, -0.2) is 25.5 Å². The molecule has 2 rings (SSSR count). The molecule has 1 saturated carbocycles. The van der Waals surface area contributed by atoms with Gasteiger partial charge in [0.15, 0.2) is 0 Å². The van der Waals surface area contributed by atoms with Crippen LogP contribution in [0.4, 0.5) is 0 Å². The largest absolute Gasteiger partial charge is 0.356 e. The summed E-state index contributed by atoms with van der Waals surface area (Å²) in [4.78, 5) is 11.8. The predicted molar refractivity (Wildman–Crippen MR) is 65.1 cm³/mol. The van der Waals surface area contributed by atoms with E-state index in [4.69, 9.17) is 0 Å². The molecule has 2 aliphatic rings. The van der Waals surface area contributed by atoms with Crippen molar-refractivity contribution in [3.63, 3.8) is 0 Å². The summed E-state index contributed by atoms with van der Waals surface area (Å²) < 4.78 is 0. The lowest BCUT2D eigenvalue weighted by molar-refractivity contribution is -0.123. The van der Waals surface area contributed by atoms with Crippen LogP contribution in [-0.2, 0) is 4.79 Å². The number of nitrogens with one attached hydrogen (secondary N) is 2. The molecule has 1 heterocycles. The highest BCUT2D eigenvalue weighted by Gasteiger charge is 2.52. The van der Waals surface area contributed by atoms with E-state index in [9.17, 15) is 4.79 Å². The molecule has 3 atom stereocenters. The lowest BCUT2D eigenvalue weighted by atomic mass is 10.0. The van der Waals surface area contributed by atoms with Crippen molar-refractivity contribution in [2.75, 3.05) is 19.6 Å². The van der Waals surface area contributed by atoms with Crippen LogP contribution in [0.25, 0.3) is 0 Å². The molecule has 92 valence electrons. The second-order valence-corrected chi connectivity index (χ2v) is 5.70. The first-order chi connectivity index (χ1) is 7.65. The maximum absolute atomic E-state index is 11.8. The zero-order valence-electron chi connectivity index (χ0n) is 10.5. The van der Waals surface area contributed by atoms with Crippen LogP contribution in [0.1, 0.15) is 39.5 Å². The van der Waals surface area contributed by atoms with Gasteiger partial charge in [-0.2, -0.15) is 0 Å². The molecule has 3 unspecified atom stereocenters. The molecule has 3 nitrogen and oxygen atoms in total. The van der Waals surface area contributed by atoms with Crippen molar-refractivity contribution < 1.29 is 4.79 Å². The van der Waals surface area contributed by atoms with Gasteiger partial charge >= 0.3 is 0 Å². The smallest absolute Gasteiger partial charge is 0.223 e. The summed E-state index contributed by atoms with van der Waals surface area (Å²) in [6.45, 7) is 7.54. The van der Waals surface area contributed by atoms with E-state index in [2.05, 4.69) is 24.5 Å². The van der Waals surface area contributed by atoms with Gasteiger partial charge < -0.3 is 10.6 Å². The first kappa shape index (κ1) is 11.9. The van der Waals surface area contributed by atoms with E-state index in [1.54, 1.807) is 0 Å². The van der Waals surface area contributed by atoms with Crippen LogP contribution in [0.3, 0.4) is 0 Å². The van der Waals surface area contributed by atoms with E-state index in [1.807, 2.05) is 0 Å². The average molecular weight is 224 g/mol. The lowest BCUT2D eigenvalue weighted by Crippen LogP contribution is -2.29. The summed E-state index contributed by atoms with van der Waals surface area (Å²) in [7, 11) is 0. The highest BCUT2D eigenvalue weighted by Crippen LogP contribution is 2.54. The molecule has 0 aromatic rings. The lowest BCUT2D eigenvalue weighted by Gasteiger charge is -2.11. The van der Waals surface area contributed by atoms with E-state index in [0.29, 0.717) is 11.3 Å². The van der Waals surface area contributed by atoms with E-state index >= 15 is 0 Å². The summed E-state index contributed by atoms with van der Waals surface area (Å²) >= 11 is 0. The van der Waals surface area contributed by atoms with Crippen LogP contribution < -0.4 is 10.6 Å². The van der Waals surface area contributed by atoms with Gasteiger partial charge in [0.05, 0.1) is 0 Å². The van der Waals surface area contributed by atoms with Gasteiger partial charge in [-0.15, -0.1) is 0 Å². The molecule has 2 fully saturated rings. The number of amides is 1. The summed E-state index contributed by atoms with van der Waals surface area (Å²) in [5, 5.41) is 6.45. The molecule has 0 aromatic heterocycles. The summed E-state index contributed by atoms with van der Waals surface area (Å²) in [5.41, 5.74) is 0.305. The van der Waals surface area contributed by atoms with Crippen molar-refractivity contribution in [3.8, 4) is 0 Å². The quantitative estimate of drug-likeness (QED) is 0.743. The topological polar surface area (TPSA) is 41.1 Å². The predicted octanol–water partition coefficient (Wildman–Crippen LogP) is 1.54. The third-order valence-electron chi connectivity index (χ3n) is 4.49. The van der Waals surface area contributed by atoms with Crippen LogP contribution in [0.5, 0.6) is 0 Å². The van der Waals surface area contributed by atoms with Crippen LogP contribution >= 0.6 is 0 Å². The monoisotopic (exact) mass is 224 g/mol. The Labute approximate surface area is 98.4 Å². The number of hydrogen-bond donors (Lipinski definition) is 2. The van der Waals surface area contributed by atoms with Gasteiger partial charge in [0.1, 0.15) is 0 Å². The van der Waals surface area contributed by atoms with Gasteiger partial charge in [0, 0.05) is 12.5 Å². The normalized spacial score (nSPS) is 37.4. The highest BCUT2D eigenvalue weighted by molar-refractivity contribution is 5.82. The van der Waals surface area contributed by atoms with E-state index in [1.165, 1.54) is 6.42 Å². The number of rotatable bonds is 5. The Morgan fingerprint density at radius 2 is 2.38 bits per heavy atom. The molecule has 1 aliphatic carbocycles. The molecule has 1 amide bonds. The molecule has 1 saturated heterocycles. The van der Waals surface area contributed by atoms with Crippen molar-refractivity contribution >= 4 is 5.91 Å². The molecule has 0 spiro atoms. The second-order valence-electron chi connectivity index (χ2n) is 5.70. The fraction of sp³-hybridized carbons (Fsp3) is 0.923. The van der Waals surface area contributed by atoms with Crippen molar-refractivity contribution in [1.29, 1.82) is 0 Å². The molecule has 0 aromatic carbocycles. The standard InChI is InChI=1S/C13H24N2O/c1-3-13(2)8-11(13)12(16)15-7-5-10-4-6-14-9-10/h10-11,14H,3-9H2,1-2H3,(H,15,16). The molecule has 16 heavy (non-hydrogen) atoms. The molecule has 0 bridgehead atoms. The Kier molecular flexibility index (Phi) is 3.53. The van der Waals surface area contributed by atoms with Crippen molar-refractivity contribution in [2.45, 2.75) is 39.5 Å². The Balaban J connectivity index is 1.61. The summed E-state index contributed by atoms with van der Waals surface area (Å²) in [6.07, 6.45) is 4.61. The fourth-order valence-electron chi connectivity index (χ4n) is 2.69. The average Bonchev–Trinajstić information content (AvgIpc) is 2.73. The summed E-state index contributed by atoms with van der Waals surface area (Å²) in [5.74, 6) is 1.35. The van der Waals surface area contributed by atoms with Gasteiger partial charge in [-0.05, 0) is 50.1 Å². The SMILES string of the molecule is CCC1(C)CC1C(=O)NCCC1CCNC1. The third kappa shape index (κ3) is 2.57. The van der Waals surface area contributed by atoms with Crippen LogP contribution in [0, 0.1) is 17.3 Å². The number of carbonyl (C=O) groups excluding carboxylic acids is 1. The fourth-order valence-corrected chi connectivity index (χ4v) is 2.69. The van der Waals surface area contributed by atoms with Crippen molar-refractivity contribution in [2.24, 2.45) is 17.3 Å². The van der Waals surface area contributed by atoms with E-state index in [-0.39, 0.29) is 5.91 Å². The number of carbonyl (C=O) groups is 1. The molecule has 1 aliphatic heterocycles. The zero-order chi connectivity index (χ0) is 11.6. The molecule has 2 N–H and O–H groups in total. The van der Waals surface area contributed by atoms with E-state index in [0.717, 1.165) is 44.8 Å².